The molecule has 0 unspecified atom stereocenters. The zero-order valence-electron chi connectivity index (χ0n) is 24.4. The van der Waals surface area contributed by atoms with Crippen LogP contribution in [0.25, 0.3) is 11.6 Å². The quantitative estimate of drug-likeness (QED) is 0.0981. The van der Waals surface area contributed by atoms with Crippen molar-refractivity contribution in [3.05, 3.63) is 101 Å². The van der Waals surface area contributed by atoms with Crippen LogP contribution in [-0.2, 0) is 14.3 Å². The Labute approximate surface area is 256 Å². The predicted octanol–water partition coefficient (Wildman–Crippen LogP) is 2.51. The lowest BCUT2D eigenvalue weighted by Crippen LogP contribution is -2.39. The lowest BCUT2D eigenvalue weighted by atomic mass is 9.68. The zero-order valence-corrected chi connectivity index (χ0v) is 24.4. The number of anilines is 1. The summed E-state index contributed by atoms with van der Waals surface area (Å²) in [7, 11) is -0.253. The number of benzene rings is 3. The van der Waals surface area contributed by atoms with Gasteiger partial charge in [-0.1, -0.05) is 60.7 Å². The molecule has 1 fully saturated rings. The van der Waals surface area contributed by atoms with E-state index >= 15 is 0 Å². The van der Waals surface area contributed by atoms with E-state index in [1.54, 1.807) is 24.3 Å². The first-order valence-corrected chi connectivity index (χ1v) is 14.6. The average molecular weight is 597 g/mol. The van der Waals surface area contributed by atoms with E-state index in [-0.39, 0.29) is 36.3 Å². The molecule has 4 atom stereocenters. The summed E-state index contributed by atoms with van der Waals surface area (Å²) in [6.45, 7) is -0.321. The van der Waals surface area contributed by atoms with E-state index in [2.05, 4.69) is 0 Å². The van der Waals surface area contributed by atoms with Crippen LogP contribution in [0.1, 0.15) is 30.4 Å². The first kappa shape index (κ1) is 31.4. The highest BCUT2D eigenvalue weighted by atomic mass is 16.5. The second-order valence-corrected chi connectivity index (χ2v) is 11.3. The molecule has 228 valence electrons. The molecule has 2 aliphatic rings. The van der Waals surface area contributed by atoms with Crippen LogP contribution >= 0.6 is 0 Å². The Balaban J connectivity index is 1.45. The molecule has 9 nitrogen and oxygen atoms in total. The summed E-state index contributed by atoms with van der Waals surface area (Å²) >= 11 is 0. The Morgan fingerprint density at radius 2 is 1.77 bits per heavy atom. The number of ether oxygens (including phenoxy) is 1. The minimum Gasteiger partial charge on any atom is -0.508 e. The second kappa shape index (κ2) is 13.7. The lowest BCUT2D eigenvalue weighted by Gasteiger charge is -2.36. The highest BCUT2D eigenvalue weighted by Gasteiger charge is 2.55. The van der Waals surface area contributed by atoms with Crippen molar-refractivity contribution in [3.63, 3.8) is 0 Å². The Bertz CT molecular complexity index is 1570. The van der Waals surface area contributed by atoms with E-state index in [4.69, 9.17) is 4.74 Å². The van der Waals surface area contributed by atoms with Gasteiger partial charge in [0.1, 0.15) is 5.75 Å². The van der Waals surface area contributed by atoms with Gasteiger partial charge in [-0.3, -0.25) is 14.5 Å². The number of phenols is 1. The van der Waals surface area contributed by atoms with E-state index in [0.717, 1.165) is 21.6 Å². The average Bonchev–Trinajstić information content (AvgIpc) is 3.27. The van der Waals surface area contributed by atoms with Gasteiger partial charge in [-0.2, -0.15) is 0 Å². The number of methoxy groups -OCH3 is 1. The number of fused-ring (bicyclic) bond motifs is 1. The third-order valence-corrected chi connectivity index (χ3v) is 8.53. The van der Waals surface area contributed by atoms with Gasteiger partial charge >= 0.3 is 7.12 Å². The molecule has 3 aromatic rings. The van der Waals surface area contributed by atoms with Crippen molar-refractivity contribution in [1.82, 2.24) is 0 Å². The standard InChI is InChI=1S/C34H36BNO8/c1-44-20-24-17-28-32(34(41)36(33(28)40)26-11-6-10-25(18-26)35(42)43)29(19-37)31(24)30(39)14-13-23(22-8-3-2-4-9-22)15-21-7-5-12-27(38)16-21/h2-12,15-16,18,28-30,32,37-39,42-43H,13-14,17,19-20H2,1H3/b23-15-/t28-,29+,30-,32-/m1/s1. The normalized spacial score (nSPS) is 21.1. The molecule has 10 heteroatoms. The molecule has 5 rings (SSSR count). The molecular weight excluding hydrogens is 561 g/mol. The fourth-order valence-electron chi connectivity index (χ4n) is 6.56. The molecule has 0 bridgehead atoms. The first-order chi connectivity index (χ1) is 21.2. The number of aliphatic hydroxyl groups is 2. The maximum Gasteiger partial charge on any atom is 0.488 e. The highest BCUT2D eigenvalue weighted by Crippen LogP contribution is 2.47. The van der Waals surface area contributed by atoms with E-state index in [0.29, 0.717) is 17.6 Å². The number of rotatable bonds is 11. The minimum atomic E-state index is -1.77. The number of aromatic hydroxyl groups is 1. The lowest BCUT2D eigenvalue weighted by molar-refractivity contribution is -0.123. The molecule has 0 saturated carbocycles. The van der Waals surface area contributed by atoms with Gasteiger partial charge in [0.25, 0.3) is 0 Å². The van der Waals surface area contributed by atoms with E-state index in [1.807, 2.05) is 42.5 Å². The number of nitrogens with zero attached hydrogens (tertiary/aromatic N) is 1. The number of hydrogen-bond acceptors (Lipinski definition) is 8. The molecule has 0 aromatic heterocycles. The number of carbonyl (C=O) groups excluding carboxylic acids is 2. The van der Waals surface area contributed by atoms with Crippen molar-refractivity contribution in [2.75, 3.05) is 25.2 Å². The molecule has 3 aromatic carbocycles. The summed E-state index contributed by atoms with van der Waals surface area (Å²) in [4.78, 5) is 28.5. The summed E-state index contributed by atoms with van der Waals surface area (Å²) < 4.78 is 5.45. The van der Waals surface area contributed by atoms with Crippen LogP contribution in [0.15, 0.2) is 90.0 Å². The van der Waals surface area contributed by atoms with Crippen molar-refractivity contribution in [3.8, 4) is 5.75 Å². The fourth-order valence-corrected chi connectivity index (χ4v) is 6.56. The van der Waals surface area contributed by atoms with Crippen molar-refractivity contribution >= 4 is 41.7 Å². The van der Waals surface area contributed by atoms with Gasteiger partial charge in [-0.15, -0.1) is 0 Å². The summed E-state index contributed by atoms with van der Waals surface area (Å²) in [6, 6.07) is 22.6. The summed E-state index contributed by atoms with van der Waals surface area (Å²) in [5.74, 6) is -3.25. The third kappa shape index (κ3) is 6.40. The van der Waals surface area contributed by atoms with E-state index in [1.165, 1.54) is 25.3 Å². The van der Waals surface area contributed by atoms with Crippen LogP contribution in [0.2, 0.25) is 0 Å². The number of allylic oxidation sites excluding steroid dienone is 1. The molecule has 2 amide bonds. The summed E-state index contributed by atoms with van der Waals surface area (Å²) in [5, 5.41) is 51.5. The Morgan fingerprint density at radius 3 is 2.45 bits per heavy atom. The second-order valence-electron chi connectivity index (χ2n) is 11.3. The van der Waals surface area contributed by atoms with Gasteiger partial charge in [0.05, 0.1) is 36.8 Å². The maximum atomic E-state index is 13.8. The molecule has 44 heavy (non-hydrogen) atoms. The molecule has 1 heterocycles. The van der Waals surface area contributed by atoms with Crippen LogP contribution in [0.5, 0.6) is 5.75 Å². The van der Waals surface area contributed by atoms with Gasteiger partial charge in [-0.25, -0.2) is 0 Å². The third-order valence-electron chi connectivity index (χ3n) is 8.53. The van der Waals surface area contributed by atoms with Crippen molar-refractivity contribution in [2.24, 2.45) is 17.8 Å². The Morgan fingerprint density at radius 1 is 1.02 bits per heavy atom. The summed E-state index contributed by atoms with van der Waals surface area (Å²) in [5.41, 5.74) is 4.25. The van der Waals surface area contributed by atoms with Crippen molar-refractivity contribution in [2.45, 2.75) is 25.4 Å². The van der Waals surface area contributed by atoms with Crippen LogP contribution in [-0.4, -0.2) is 70.7 Å². The molecule has 0 spiro atoms. The van der Waals surface area contributed by atoms with Gasteiger partial charge in [0.2, 0.25) is 11.8 Å². The number of amides is 2. The monoisotopic (exact) mass is 597 g/mol. The SMILES string of the molecule is COCC1=C([C@H](O)CC/C(=C/c2cccc(O)c2)c2ccccc2)[C@H](CO)[C@@H]2C(=O)N(c3cccc(B(O)O)c3)C(=O)[C@@H]2C1. The topological polar surface area (TPSA) is 148 Å². The van der Waals surface area contributed by atoms with Crippen LogP contribution in [0, 0.1) is 17.8 Å². The molecule has 5 N–H and O–H groups in total. The van der Waals surface area contributed by atoms with Crippen LogP contribution in [0.4, 0.5) is 5.69 Å². The van der Waals surface area contributed by atoms with Gasteiger partial charge < -0.3 is 30.1 Å². The molecule has 0 radical (unpaired) electrons. The molecule has 1 aliphatic carbocycles. The van der Waals surface area contributed by atoms with Gasteiger partial charge in [0.15, 0.2) is 0 Å². The van der Waals surface area contributed by atoms with E-state index < -0.39 is 49.4 Å². The number of imide groups is 1. The smallest absolute Gasteiger partial charge is 0.488 e. The number of carbonyl (C=O) groups is 2. The number of aliphatic hydroxyl groups excluding tert-OH is 2. The summed E-state index contributed by atoms with van der Waals surface area (Å²) in [6.07, 6.45) is 1.85. The Kier molecular flexibility index (Phi) is 9.78. The largest absolute Gasteiger partial charge is 0.508 e. The van der Waals surface area contributed by atoms with Crippen LogP contribution < -0.4 is 10.4 Å². The first-order valence-electron chi connectivity index (χ1n) is 14.6. The van der Waals surface area contributed by atoms with Crippen molar-refractivity contribution < 1.29 is 39.7 Å². The number of hydrogen-bond donors (Lipinski definition) is 5. The van der Waals surface area contributed by atoms with Crippen molar-refractivity contribution in [1.29, 1.82) is 0 Å². The molecule has 1 saturated heterocycles. The van der Waals surface area contributed by atoms with E-state index in [9.17, 15) is 35.0 Å². The fraction of sp³-hybridized carbons (Fsp3) is 0.294. The van der Waals surface area contributed by atoms with Gasteiger partial charge in [-0.05, 0) is 76.8 Å². The zero-order chi connectivity index (χ0) is 31.4. The van der Waals surface area contributed by atoms with Crippen LogP contribution in [0.3, 0.4) is 0 Å². The Hall–Kier alpha value is -4.06. The minimum absolute atomic E-state index is 0.129. The maximum absolute atomic E-state index is 13.8. The van der Waals surface area contributed by atoms with Gasteiger partial charge in [0, 0.05) is 13.0 Å². The number of phenolic OH excluding ortho intramolecular Hbond substituents is 1. The molecule has 1 aliphatic heterocycles. The highest BCUT2D eigenvalue weighted by molar-refractivity contribution is 6.58. The molecular formula is C34H36BNO8. The predicted molar refractivity (Wildman–Crippen MR) is 167 cm³/mol.